The van der Waals surface area contributed by atoms with Gasteiger partial charge in [-0.1, -0.05) is 106 Å². The van der Waals surface area contributed by atoms with Crippen molar-refractivity contribution in [2.75, 3.05) is 0 Å². The Morgan fingerprint density at radius 3 is 1.78 bits per heavy atom. The van der Waals surface area contributed by atoms with Gasteiger partial charge in [-0.2, -0.15) is 0 Å². The summed E-state index contributed by atoms with van der Waals surface area (Å²) in [5.74, 6) is 1.10. The van der Waals surface area contributed by atoms with Gasteiger partial charge in [-0.15, -0.1) is 0 Å². The second-order valence-electron chi connectivity index (χ2n) is 8.05. The van der Waals surface area contributed by atoms with Gasteiger partial charge < -0.3 is 4.43 Å². The molecule has 27 heavy (non-hydrogen) atoms. The number of allylic oxidation sites excluding steroid dienone is 1. The van der Waals surface area contributed by atoms with Gasteiger partial charge >= 0.3 is 9.04 Å². The fraction of sp³-hybridized carbons (Fsp3) is 0.200. The van der Waals surface area contributed by atoms with E-state index in [9.17, 15) is 0 Å². The Bertz CT molecular complexity index is 913. The van der Waals surface area contributed by atoms with Crippen LogP contribution >= 0.6 is 0 Å². The largest absolute Gasteiger partial charge is 0.532 e. The highest BCUT2D eigenvalue weighted by Crippen LogP contribution is 2.42. The molecule has 1 radical (unpaired) electrons. The molecule has 1 nitrogen and oxygen atoms in total. The summed E-state index contributed by atoms with van der Waals surface area (Å²) < 4.78 is 6.93. The van der Waals surface area contributed by atoms with Crippen LogP contribution in [0.15, 0.2) is 90.5 Å². The Morgan fingerprint density at radius 1 is 0.704 bits per heavy atom. The van der Waals surface area contributed by atoms with Gasteiger partial charge in [-0.3, -0.25) is 0 Å². The zero-order valence-corrected chi connectivity index (χ0v) is 17.2. The number of fused-ring (bicyclic) bond motifs is 1. The Kier molecular flexibility index (Phi) is 4.75. The van der Waals surface area contributed by atoms with Gasteiger partial charge in [0.05, 0.1) is 0 Å². The van der Waals surface area contributed by atoms with Gasteiger partial charge in [0.25, 0.3) is 0 Å². The van der Waals surface area contributed by atoms with E-state index in [2.05, 4.69) is 106 Å². The van der Waals surface area contributed by atoms with E-state index in [-0.39, 0.29) is 5.41 Å². The minimum absolute atomic E-state index is 0.0781. The monoisotopic (exact) mass is 369 g/mol. The van der Waals surface area contributed by atoms with Crippen molar-refractivity contribution < 1.29 is 4.43 Å². The van der Waals surface area contributed by atoms with E-state index in [0.717, 1.165) is 12.2 Å². The van der Waals surface area contributed by atoms with Crippen molar-refractivity contribution in [2.45, 2.75) is 27.2 Å². The lowest BCUT2D eigenvalue weighted by Crippen LogP contribution is -2.44. The standard InChI is InChI=1S/C25H25OSi/c1-25(2,3)23-18-19-12-10-11-17-22(19)24(23)26-27(20-13-6-4-7-14-20)21-15-8-5-9-16-21/h4-17H,18H2,1-3H3. The Balaban J connectivity index is 1.82. The fourth-order valence-corrected chi connectivity index (χ4v) is 5.61. The summed E-state index contributed by atoms with van der Waals surface area (Å²) in [5, 5.41) is 2.55. The highest BCUT2D eigenvalue weighted by Gasteiger charge is 2.33. The summed E-state index contributed by atoms with van der Waals surface area (Å²) >= 11 is 0. The molecule has 0 aromatic heterocycles. The highest BCUT2D eigenvalue weighted by atomic mass is 28.3. The zero-order valence-electron chi connectivity index (χ0n) is 16.2. The molecule has 0 unspecified atom stereocenters. The molecule has 3 aromatic carbocycles. The molecule has 2 heteroatoms. The first kappa shape index (κ1) is 17.8. The van der Waals surface area contributed by atoms with E-state index < -0.39 is 9.04 Å². The summed E-state index contributed by atoms with van der Waals surface area (Å²) in [5.41, 5.74) is 4.11. The lowest BCUT2D eigenvalue weighted by molar-refractivity contribution is 0.466. The maximum absolute atomic E-state index is 6.93. The van der Waals surface area contributed by atoms with Crippen molar-refractivity contribution in [3.63, 3.8) is 0 Å². The third-order valence-electron chi connectivity index (χ3n) is 5.08. The SMILES string of the molecule is CC(C)(C)C1=C(O[Si](c2ccccc2)c2ccccc2)c2ccccc2C1. The van der Waals surface area contributed by atoms with Crippen LogP contribution in [0.4, 0.5) is 0 Å². The first-order chi connectivity index (χ1) is 13.0. The predicted octanol–water partition coefficient (Wildman–Crippen LogP) is 4.82. The third-order valence-corrected chi connectivity index (χ3v) is 7.21. The molecule has 0 N–H and O–H groups in total. The maximum Gasteiger partial charge on any atom is 0.352 e. The Labute approximate surface area is 164 Å². The van der Waals surface area contributed by atoms with E-state index in [4.69, 9.17) is 4.43 Å². The summed E-state index contributed by atoms with van der Waals surface area (Å²) in [6.45, 7) is 6.86. The first-order valence-electron chi connectivity index (χ1n) is 9.51. The summed E-state index contributed by atoms with van der Waals surface area (Å²) in [6.07, 6.45) is 0.980. The lowest BCUT2D eigenvalue weighted by Gasteiger charge is -2.25. The molecule has 0 atom stereocenters. The zero-order chi connectivity index (χ0) is 18.9. The molecule has 0 saturated heterocycles. The van der Waals surface area contributed by atoms with Crippen LogP contribution in [0.3, 0.4) is 0 Å². The van der Waals surface area contributed by atoms with Crippen LogP contribution in [-0.2, 0) is 10.8 Å². The van der Waals surface area contributed by atoms with Crippen molar-refractivity contribution >= 4 is 25.2 Å². The molecule has 0 fully saturated rings. The highest BCUT2D eigenvalue weighted by molar-refractivity contribution is 6.80. The molecule has 0 amide bonds. The minimum Gasteiger partial charge on any atom is -0.532 e. The third kappa shape index (κ3) is 3.63. The Hall–Kier alpha value is -2.58. The van der Waals surface area contributed by atoms with Crippen LogP contribution in [0.2, 0.25) is 0 Å². The topological polar surface area (TPSA) is 9.23 Å². The molecule has 0 aliphatic heterocycles. The summed E-state index contributed by atoms with van der Waals surface area (Å²) in [7, 11) is -1.37. The molecule has 3 aromatic rings. The van der Waals surface area contributed by atoms with E-state index in [1.807, 2.05) is 0 Å². The van der Waals surface area contributed by atoms with Crippen molar-refractivity contribution in [3.8, 4) is 0 Å². The second kappa shape index (κ2) is 7.20. The van der Waals surface area contributed by atoms with Crippen LogP contribution < -0.4 is 10.4 Å². The Morgan fingerprint density at radius 2 is 1.22 bits per heavy atom. The van der Waals surface area contributed by atoms with Gasteiger partial charge in [0.15, 0.2) is 0 Å². The van der Waals surface area contributed by atoms with Gasteiger partial charge in [-0.25, -0.2) is 0 Å². The van der Waals surface area contributed by atoms with E-state index in [1.54, 1.807) is 0 Å². The normalized spacial score (nSPS) is 13.8. The van der Waals surface area contributed by atoms with Crippen LogP contribution in [0.25, 0.3) is 5.76 Å². The van der Waals surface area contributed by atoms with Gasteiger partial charge in [0, 0.05) is 5.56 Å². The quantitative estimate of drug-likeness (QED) is 0.599. The molecule has 135 valence electrons. The molecule has 0 bridgehead atoms. The van der Waals surface area contributed by atoms with Crippen LogP contribution in [0.1, 0.15) is 31.9 Å². The van der Waals surface area contributed by atoms with Crippen molar-refractivity contribution in [2.24, 2.45) is 5.41 Å². The van der Waals surface area contributed by atoms with Gasteiger partial charge in [0.2, 0.25) is 0 Å². The molecular weight excluding hydrogens is 344 g/mol. The molecule has 0 spiro atoms. The molecule has 1 aliphatic rings. The summed E-state index contributed by atoms with van der Waals surface area (Å²) in [4.78, 5) is 0. The number of hydrogen-bond donors (Lipinski definition) is 0. The smallest absolute Gasteiger partial charge is 0.352 e. The second-order valence-corrected chi connectivity index (χ2v) is 10.1. The number of hydrogen-bond acceptors (Lipinski definition) is 1. The van der Waals surface area contributed by atoms with E-state index in [0.29, 0.717) is 0 Å². The molecule has 0 saturated carbocycles. The fourth-order valence-electron chi connectivity index (χ4n) is 3.62. The van der Waals surface area contributed by atoms with Crippen LogP contribution in [0, 0.1) is 5.41 Å². The average molecular weight is 370 g/mol. The molecule has 1 aliphatic carbocycles. The number of rotatable bonds is 4. The summed E-state index contributed by atoms with van der Waals surface area (Å²) in [6, 6.07) is 30.0. The van der Waals surface area contributed by atoms with Crippen LogP contribution in [-0.4, -0.2) is 9.04 Å². The lowest BCUT2D eigenvalue weighted by atomic mass is 9.85. The van der Waals surface area contributed by atoms with Gasteiger partial charge in [0.1, 0.15) is 5.76 Å². The van der Waals surface area contributed by atoms with Crippen molar-refractivity contribution in [1.82, 2.24) is 0 Å². The molecule has 0 heterocycles. The van der Waals surface area contributed by atoms with E-state index in [1.165, 1.54) is 27.1 Å². The first-order valence-corrected chi connectivity index (χ1v) is 10.9. The predicted molar refractivity (Wildman–Crippen MR) is 116 cm³/mol. The minimum atomic E-state index is -1.37. The average Bonchev–Trinajstić information content (AvgIpc) is 3.06. The molecular formula is C25H25OSi. The van der Waals surface area contributed by atoms with E-state index >= 15 is 0 Å². The van der Waals surface area contributed by atoms with Crippen molar-refractivity contribution in [3.05, 3.63) is 102 Å². The van der Waals surface area contributed by atoms with Crippen molar-refractivity contribution in [1.29, 1.82) is 0 Å². The van der Waals surface area contributed by atoms with Crippen LogP contribution in [0.5, 0.6) is 0 Å². The van der Waals surface area contributed by atoms with Gasteiger partial charge in [-0.05, 0) is 33.3 Å². The molecule has 4 rings (SSSR count). The maximum atomic E-state index is 6.93. The number of benzene rings is 3.